The zero-order chi connectivity index (χ0) is 11.0. The second-order valence-corrected chi connectivity index (χ2v) is 8.85. The van der Waals surface area contributed by atoms with Crippen molar-refractivity contribution in [3.8, 4) is 5.75 Å². The molecule has 0 saturated carbocycles. The Kier molecular flexibility index (Phi) is 2.40. The molecule has 0 bridgehead atoms. The molecule has 4 heteroatoms. The molecule has 1 aliphatic rings. The van der Waals surface area contributed by atoms with Gasteiger partial charge in [0.25, 0.3) is 0 Å². The zero-order valence-electron chi connectivity index (χ0n) is 8.46. The second kappa shape index (κ2) is 3.78. The number of nitrogens with one attached hydrogen (secondary N) is 1. The second-order valence-electron chi connectivity index (χ2n) is 3.59. The fourth-order valence-corrected chi connectivity index (χ4v) is 5.37. The monoisotopic (exact) mass is 295 g/mol. The first-order chi connectivity index (χ1) is 7.78. The van der Waals surface area contributed by atoms with Crippen LogP contribution in [0, 0.1) is 0 Å². The predicted octanol–water partition coefficient (Wildman–Crippen LogP) is 2.75. The van der Waals surface area contributed by atoms with Crippen LogP contribution in [-0.2, 0) is 0 Å². The van der Waals surface area contributed by atoms with E-state index >= 15 is 0 Å². The topological polar surface area (TPSA) is 21.3 Å². The van der Waals surface area contributed by atoms with E-state index in [2.05, 4.69) is 32.3 Å². The molecule has 1 unspecified atom stereocenters. The first kappa shape index (κ1) is 10.2. The van der Waals surface area contributed by atoms with E-state index in [4.69, 9.17) is 4.52 Å². The van der Waals surface area contributed by atoms with Crippen LogP contribution in [-0.4, -0.2) is 15.1 Å². The maximum absolute atomic E-state index is 6.02. The molecule has 16 heavy (non-hydrogen) atoms. The average Bonchev–Trinajstić information content (AvgIpc) is 2.68. The number of hydrogen-bond acceptors (Lipinski definition) is 2. The minimum atomic E-state index is -1.83. The van der Waals surface area contributed by atoms with E-state index in [1.54, 1.807) is 0 Å². The summed E-state index contributed by atoms with van der Waals surface area (Å²) in [5.74, 6) is -0.900. The summed E-state index contributed by atoms with van der Waals surface area (Å²) in [5, 5.41) is 4.65. The summed E-state index contributed by atoms with van der Waals surface area (Å²) in [7, 11) is 0. The Labute approximate surface area is 102 Å². The van der Waals surface area contributed by atoms with Gasteiger partial charge in [-0.3, -0.25) is 0 Å². The maximum atomic E-state index is 6.02. The molecule has 0 fully saturated rings. The Bertz CT molecular complexity index is 541. The van der Waals surface area contributed by atoms with Crippen molar-refractivity contribution in [1.82, 2.24) is 0 Å². The van der Waals surface area contributed by atoms with Crippen molar-refractivity contribution in [2.75, 3.05) is 5.09 Å². The predicted molar refractivity (Wildman–Crippen MR) is 69.4 cm³/mol. The summed E-state index contributed by atoms with van der Waals surface area (Å²) in [4.78, 5) is 0. The van der Waals surface area contributed by atoms with Crippen molar-refractivity contribution >= 4 is 32.0 Å². The summed E-state index contributed by atoms with van der Waals surface area (Å²) in [6, 6.07) is 18.3. The number of benzene rings is 2. The molecule has 1 aliphatic heterocycles. The van der Waals surface area contributed by atoms with Gasteiger partial charge in [-0.2, -0.15) is 0 Å². The normalized spacial score (nSPS) is 22.0. The van der Waals surface area contributed by atoms with Gasteiger partial charge in [0.2, 0.25) is 0 Å². The molecule has 2 aromatic rings. The molecule has 1 heterocycles. The van der Waals surface area contributed by atoms with E-state index in [0.29, 0.717) is 0 Å². The molecule has 3 rings (SSSR count). The molecule has 80 valence electrons. The molecule has 0 spiro atoms. The van der Waals surface area contributed by atoms with Gasteiger partial charge in [0.15, 0.2) is 0 Å². The van der Waals surface area contributed by atoms with Crippen molar-refractivity contribution in [3.05, 3.63) is 54.6 Å². The molecule has 0 amide bonds. The van der Waals surface area contributed by atoms with Crippen LogP contribution in [0.25, 0.3) is 0 Å². The summed E-state index contributed by atoms with van der Waals surface area (Å²) >= 11 is 3.19. The van der Waals surface area contributed by atoms with Gasteiger partial charge in [-0.1, -0.05) is 0 Å². The SMILES string of the molecule is [Se]=P1(c2ccccc2)Nc2ccccc2O1. The molecule has 0 aliphatic carbocycles. The summed E-state index contributed by atoms with van der Waals surface area (Å²) in [6.07, 6.45) is 0. The fraction of sp³-hybridized carbons (Fsp3) is 0. The van der Waals surface area contributed by atoms with E-state index in [9.17, 15) is 0 Å². The number of rotatable bonds is 1. The molecular formula is C12H10NOPSe. The third kappa shape index (κ3) is 1.62. The van der Waals surface area contributed by atoms with Crippen LogP contribution in [0.15, 0.2) is 54.6 Å². The Morgan fingerprint density at radius 3 is 2.38 bits per heavy atom. The third-order valence-corrected chi connectivity index (χ3v) is 6.82. The average molecular weight is 294 g/mol. The van der Waals surface area contributed by atoms with Gasteiger partial charge in [0.1, 0.15) is 0 Å². The molecule has 2 nitrogen and oxygen atoms in total. The van der Waals surface area contributed by atoms with Gasteiger partial charge in [0.05, 0.1) is 0 Å². The van der Waals surface area contributed by atoms with Crippen molar-refractivity contribution < 1.29 is 4.52 Å². The molecular weight excluding hydrogens is 284 g/mol. The molecule has 2 aromatic carbocycles. The van der Waals surface area contributed by atoms with Gasteiger partial charge >= 0.3 is 102 Å². The molecule has 1 N–H and O–H groups in total. The number of hydrogen-bond donors (Lipinski definition) is 1. The van der Waals surface area contributed by atoms with Crippen LogP contribution in [0.2, 0.25) is 0 Å². The zero-order valence-corrected chi connectivity index (χ0v) is 11.1. The quantitative estimate of drug-likeness (QED) is 0.645. The van der Waals surface area contributed by atoms with Crippen molar-refractivity contribution in [2.45, 2.75) is 0 Å². The van der Waals surface area contributed by atoms with E-state index in [1.165, 1.54) is 5.30 Å². The Hall–Kier alpha value is -1.01. The van der Waals surface area contributed by atoms with Gasteiger partial charge in [-0.25, -0.2) is 0 Å². The first-order valence-corrected chi connectivity index (χ1v) is 8.93. The Balaban J connectivity index is 2.04. The van der Waals surface area contributed by atoms with E-state index in [1.807, 2.05) is 42.5 Å². The Morgan fingerprint density at radius 1 is 0.938 bits per heavy atom. The number of para-hydroxylation sites is 2. The van der Waals surface area contributed by atoms with Gasteiger partial charge < -0.3 is 0 Å². The molecule has 0 radical (unpaired) electrons. The van der Waals surface area contributed by atoms with Gasteiger partial charge in [-0.15, -0.1) is 0 Å². The fourth-order valence-electron chi connectivity index (χ4n) is 1.70. The molecule has 0 aromatic heterocycles. The standard InChI is InChI=1S/C12H10NOPSe/c16-15(10-6-2-1-3-7-10)13-11-8-4-5-9-12(11)14-15/h1-9H,(H,13,16). The van der Waals surface area contributed by atoms with Crippen molar-refractivity contribution in [3.63, 3.8) is 0 Å². The summed E-state index contributed by atoms with van der Waals surface area (Å²) in [5.41, 5.74) is 1.07. The van der Waals surface area contributed by atoms with E-state index in [0.717, 1.165) is 11.4 Å². The van der Waals surface area contributed by atoms with Crippen LogP contribution in [0.4, 0.5) is 5.69 Å². The van der Waals surface area contributed by atoms with Crippen LogP contribution in [0.1, 0.15) is 0 Å². The van der Waals surface area contributed by atoms with Gasteiger partial charge in [-0.05, 0) is 0 Å². The minimum absolute atomic E-state index is 0.929. The number of anilines is 1. The van der Waals surface area contributed by atoms with Crippen molar-refractivity contribution in [2.24, 2.45) is 0 Å². The van der Waals surface area contributed by atoms with Gasteiger partial charge in [0, 0.05) is 0 Å². The van der Waals surface area contributed by atoms with Crippen LogP contribution in [0.3, 0.4) is 0 Å². The molecule has 1 atom stereocenters. The van der Waals surface area contributed by atoms with Crippen molar-refractivity contribution in [1.29, 1.82) is 0 Å². The van der Waals surface area contributed by atoms with Crippen LogP contribution in [0.5, 0.6) is 5.75 Å². The summed E-state index contributed by atoms with van der Waals surface area (Å²) in [6.45, 7) is 0. The van der Waals surface area contributed by atoms with Crippen LogP contribution < -0.4 is 14.9 Å². The number of fused-ring (bicyclic) bond motifs is 1. The first-order valence-electron chi connectivity index (χ1n) is 5.00. The third-order valence-electron chi connectivity index (χ3n) is 2.48. The van der Waals surface area contributed by atoms with E-state index < -0.39 is 5.89 Å². The van der Waals surface area contributed by atoms with Crippen LogP contribution >= 0.6 is 5.89 Å². The Morgan fingerprint density at radius 2 is 1.62 bits per heavy atom. The summed E-state index contributed by atoms with van der Waals surface area (Å²) < 4.78 is 6.02. The molecule has 0 saturated heterocycles. The van der Waals surface area contributed by atoms with E-state index in [-0.39, 0.29) is 0 Å².